The van der Waals surface area contributed by atoms with Crippen molar-refractivity contribution in [2.24, 2.45) is 0 Å². The molecule has 0 saturated heterocycles. The quantitative estimate of drug-likeness (QED) is 0.483. The first kappa shape index (κ1) is 25.8. The number of hydrogen-bond acceptors (Lipinski definition) is 5. The van der Waals surface area contributed by atoms with Crippen molar-refractivity contribution in [3.8, 4) is 5.75 Å². The Balaban J connectivity index is 1.91. The van der Waals surface area contributed by atoms with Gasteiger partial charge in [-0.25, -0.2) is 19.8 Å². The fourth-order valence-corrected chi connectivity index (χ4v) is 4.41. The summed E-state index contributed by atoms with van der Waals surface area (Å²) in [6.07, 6.45) is 7.77. The van der Waals surface area contributed by atoms with E-state index in [-0.39, 0.29) is 11.3 Å². The van der Waals surface area contributed by atoms with Crippen molar-refractivity contribution in [1.29, 1.82) is 0 Å². The van der Waals surface area contributed by atoms with Gasteiger partial charge in [-0.2, -0.15) is 0 Å². The predicted octanol–water partition coefficient (Wildman–Crippen LogP) is 4.29. The topological polar surface area (TPSA) is 109 Å². The van der Waals surface area contributed by atoms with Gasteiger partial charge in [0.25, 0.3) is 11.8 Å². The lowest BCUT2D eigenvalue weighted by atomic mass is 10.0. The average Bonchev–Trinajstić information content (AvgIpc) is 2.84. The number of likely N-dealkylation sites (N-methyl/N-ethyl adjacent to an activating group) is 1. The van der Waals surface area contributed by atoms with Crippen LogP contribution < -0.4 is 10.1 Å². The van der Waals surface area contributed by atoms with Crippen LogP contribution in [0.15, 0.2) is 71.8 Å². The molecular formula is C26H29N3O5S. The molecule has 0 bridgehead atoms. The average molecular weight is 496 g/mol. The van der Waals surface area contributed by atoms with E-state index in [0.717, 1.165) is 0 Å². The fraction of sp³-hybridized carbons (Fsp3) is 0.231. The van der Waals surface area contributed by atoms with Crippen molar-refractivity contribution in [1.82, 2.24) is 9.88 Å². The van der Waals surface area contributed by atoms with Gasteiger partial charge in [0.2, 0.25) is 0 Å². The molecule has 3 aromatic rings. The molecule has 8 nitrogen and oxygen atoms in total. The highest BCUT2D eigenvalue weighted by atomic mass is 32.3. The molecule has 2 amide bonds. The number of benzene rings is 2. The lowest BCUT2D eigenvalue weighted by Crippen LogP contribution is -2.38. The number of aromatic carboxylic acids is 1. The van der Waals surface area contributed by atoms with Crippen LogP contribution in [0.1, 0.15) is 32.5 Å². The van der Waals surface area contributed by atoms with Crippen LogP contribution in [0.25, 0.3) is 0 Å². The zero-order valence-corrected chi connectivity index (χ0v) is 21.1. The van der Waals surface area contributed by atoms with Gasteiger partial charge in [-0.15, -0.1) is 0 Å². The highest BCUT2D eigenvalue weighted by molar-refractivity contribution is 8.32. The van der Waals surface area contributed by atoms with E-state index in [9.17, 15) is 14.4 Å². The summed E-state index contributed by atoms with van der Waals surface area (Å²) < 4.78 is 5.22. The first-order chi connectivity index (χ1) is 16.5. The third-order valence-corrected chi connectivity index (χ3v) is 7.13. The number of aromatic nitrogens is 1. The van der Waals surface area contributed by atoms with Crippen molar-refractivity contribution in [3.05, 3.63) is 83.7 Å². The molecule has 0 radical (unpaired) electrons. The number of pyridine rings is 1. The Bertz CT molecular complexity index is 1200. The first-order valence-corrected chi connectivity index (χ1v) is 13.6. The molecule has 0 saturated carbocycles. The molecule has 9 heteroatoms. The Hall–Kier alpha value is -3.85. The van der Waals surface area contributed by atoms with Gasteiger partial charge in [-0.3, -0.25) is 9.59 Å². The molecule has 0 fully saturated rings. The zero-order chi connectivity index (χ0) is 25.8. The van der Waals surface area contributed by atoms with Crippen LogP contribution in [-0.2, 0) is 4.79 Å². The van der Waals surface area contributed by atoms with Crippen LogP contribution in [-0.4, -0.2) is 65.7 Å². The van der Waals surface area contributed by atoms with Crippen molar-refractivity contribution in [2.45, 2.75) is 10.9 Å². The number of nitrogens with one attached hydrogen (secondary N) is 1. The second-order valence-electron chi connectivity index (χ2n) is 8.68. The molecule has 2 N–H and O–H groups in total. The maximum Gasteiger partial charge on any atom is 0.354 e. The van der Waals surface area contributed by atoms with Gasteiger partial charge in [0.15, 0.2) is 0 Å². The van der Waals surface area contributed by atoms with E-state index in [4.69, 9.17) is 9.84 Å². The minimum atomic E-state index is -1.19. The number of hydrogen-bond donors (Lipinski definition) is 2. The van der Waals surface area contributed by atoms with Crippen LogP contribution in [0, 0.1) is 0 Å². The van der Waals surface area contributed by atoms with Crippen LogP contribution >= 0.6 is 10.0 Å². The molecule has 35 heavy (non-hydrogen) atoms. The van der Waals surface area contributed by atoms with E-state index in [1.165, 1.54) is 35.2 Å². The maximum atomic E-state index is 13.4. The normalized spacial score (nSPS) is 12.4. The highest BCUT2D eigenvalue weighted by Gasteiger charge is 2.30. The Morgan fingerprint density at radius 3 is 2.09 bits per heavy atom. The van der Waals surface area contributed by atoms with Crippen molar-refractivity contribution in [3.63, 3.8) is 0 Å². The van der Waals surface area contributed by atoms with Gasteiger partial charge in [0.1, 0.15) is 17.5 Å². The number of carbonyl (C=O) groups is 3. The number of amides is 2. The second-order valence-corrected chi connectivity index (χ2v) is 12.8. The lowest BCUT2D eigenvalue weighted by molar-refractivity contribution is -0.120. The van der Waals surface area contributed by atoms with Gasteiger partial charge in [0, 0.05) is 18.9 Å². The van der Waals surface area contributed by atoms with Crippen LogP contribution in [0.3, 0.4) is 0 Å². The van der Waals surface area contributed by atoms with E-state index in [1.54, 1.807) is 31.4 Å². The summed E-state index contributed by atoms with van der Waals surface area (Å²) in [4.78, 5) is 44.1. The van der Waals surface area contributed by atoms with Gasteiger partial charge in [0.05, 0.1) is 12.7 Å². The third kappa shape index (κ3) is 6.19. The first-order valence-electron chi connectivity index (χ1n) is 10.7. The maximum absolute atomic E-state index is 13.4. The minimum absolute atomic E-state index is 0.168. The second kappa shape index (κ2) is 10.6. The summed E-state index contributed by atoms with van der Waals surface area (Å²) >= 11 is 0. The molecule has 0 aliphatic rings. The SMILES string of the molecule is COc1ccc(C(C(=O)Nc2ccc(S(C)(C)C)cc2)N(C)C(=O)c2ccc(C(=O)O)nc2)cc1. The number of carbonyl (C=O) groups excluding carboxylic acids is 2. The predicted molar refractivity (Wildman–Crippen MR) is 138 cm³/mol. The largest absolute Gasteiger partial charge is 0.497 e. The van der Waals surface area contributed by atoms with E-state index >= 15 is 0 Å². The van der Waals surface area contributed by atoms with E-state index < -0.39 is 33.9 Å². The van der Waals surface area contributed by atoms with Crippen molar-refractivity contribution >= 4 is 33.5 Å². The minimum Gasteiger partial charge on any atom is -0.497 e. The molecule has 3 rings (SSSR count). The fourth-order valence-electron chi connectivity index (χ4n) is 3.46. The number of ether oxygens (including phenoxy) is 1. The third-order valence-electron chi connectivity index (χ3n) is 5.45. The smallest absolute Gasteiger partial charge is 0.354 e. The number of methoxy groups -OCH3 is 1. The van der Waals surface area contributed by atoms with Gasteiger partial charge >= 0.3 is 5.97 Å². The summed E-state index contributed by atoms with van der Waals surface area (Å²) in [6, 6.07) is 16.3. The Labute approximate surface area is 206 Å². The standard InChI is InChI=1S/C26H29N3O5S/c1-29(25(31)18-8-15-22(26(32)33)27-16-18)23(17-6-11-20(34-2)12-7-17)24(30)28-19-9-13-21(14-10-19)35(3,4)5/h6-16,23H,1-5H3,(H,28,30)(H,32,33). The molecule has 184 valence electrons. The van der Waals surface area contributed by atoms with Gasteiger partial charge in [-0.1, -0.05) is 12.1 Å². The molecule has 0 aliphatic carbocycles. The summed E-state index contributed by atoms with van der Waals surface area (Å²) in [5, 5.41) is 12.0. The number of carboxylic acid groups (broad SMARTS) is 1. The Morgan fingerprint density at radius 2 is 1.60 bits per heavy atom. The van der Waals surface area contributed by atoms with E-state index in [2.05, 4.69) is 29.1 Å². The van der Waals surface area contributed by atoms with E-state index in [1.807, 2.05) is 24.3 Å². The summed E-state index contributed by atoms with van der Waals surface area (Å²) in [5.41, 5.74) is 1.20. The Morgan fingerprint density at radius 1 is 0.971 bits per heavy atom. The molecule has 1 aromatic heterocycles. The van der Waals surface area contributed by atoms with Gasteiger partial charge < -0.3 is 20.1 Å². The summed E-state index contributed by atoms with van der Waals surface area (Å²) in [7, 11) is 2.17. The molecule has 1 unspecified atom stereocenters. The lowest BCUT2D eigenvalue weighted by Gasteiger charge is -2.28. The molecule has 1 heterocycles. The van der Waals surface area contributed by atoms with Crippen LogP contribution in [0.5, 0.6) is 5.75 Å². The van der Waals surface area contributed by atoms with E-state index in [0.29, 0.717) is 17.0 Å². The number of rotatable bonds is 8. The molecule has 1 atom stereocenters. The van der Waals surface area contributed by atoms with Crippen LogP contribution in [0.4, 0.5) is 5.69 Å². The van der Waals surface area contributed by atoms with Crippen molar-refractivity contribution < 1.29 is 24.2 Å². The molecular weight excluding hydrogens is 466 g/mol. The molecule has 0 aliphatic heterocycles. The van der Waals surface area contributed by atoms with Crippen LogP contribution in [0.2, 0.25) is 0 Å². The summed E-state index contributed by atoms with van der Waals surface area (Å²) in [5.74, 6) is -1.43. The number of anilines is 1. The molecule has 0 spiro atoms. The zero-order valence-electron chi connectivity index (χ0n) is 20.3. The monoisotopic (exact) mass is 495 g/mol. The van der Waals surface area contributed by atoms with Gasteiger partial charge in [-0.05, 0) is 77.8 Å². The Kier molecular flexibility index (Phi) is 7.81. The summed E-state index contributed by atoms with van der Waals surface area (Å²) in [6.45, 7) is 0. The molecule has 2 aromatic carbocycles. The highest BCUT2D eigenvalue weighted by Crippen LogP contribution is 2.45. The van der Waals surface area contributed by atoms with Crippen molar-refractivity contribution in [2.75, 3.05) is 38.2 Å². The number of nitrogens with zero attached hydrogens (tertiary/aromatic N) is 2. The number of carboxylic acids is 1.